The monoisotopic (exact) mass is 189 g/mol. The summed E-state index contributed by atoms with van der Waals surface area (Å²) in [6.45, 7) is 7.04. The number of hydrogen-bond donors (Lipinski definition) is 2. The molecule has 0 aromatic carbocycles. The smallest absolute Gasteiger partial charge is 0.407 e. The molecular formula is C9H19NO3. The molecule has 0 aliphatic heterocycles. The molecule has 0 fully saturated rings. The Morgan fingerprint density at radius 1 is 1.46 bits per heavy atom. The lowest BCUT2D eigenvalue weighted by atomic mass is 9.92. The lowest BCUT2D eigenvalue weighted by Crippen LogP contribution is -2.44. The number of rotatable bonds is 3. The molecule has 0 aromatic heterocycles. The first kappa shape index (κ1) is 12.2. The highest BCUT2D eigenvalue weighted by Gasteiger charge is 2.32. The second-order valence-electron chi connectivity index (χ2n) is 3.97. The molecule has 4 heteroatoms. The maximum Gasteiger partial charge on any atom is 0.407 e. The molecule has 0 aliphatic rings. The van der Waals surface area contributed by atoms with Gasteiger partial charge in [-0.2, -0.15) is 0 Å². The van der Waals surface area contributed by atoms with Crippen LogP contribution in [0.15, 0.2) is 0 Å². The highest BCUT2D eigenvalue weighted by Crippen LogP contribution is 2.20. The predicted molar refractivity (Wildman–Crippen MR) is 50.5 cm³/mol. The van der Waals surface area contributed by atoms with Crippen molar-refractivity contribution in [3.05, 3.63) is 0 Å². The molecule has 0 spiro atoms. The van der Waals surface area contributed by atoms with Crippen molar-refractivity contribution in [2.24, 2.45) is 5.92 Å². The molecule has 0 unspecified atom stereocenters. The maximum atomic E-state index is 10.9. The number of amides is 1. The molecule has 2 N–H and O–H groups in total. The average molecular weight is 189 g/mol. The molecule has 0 radical (unpaired) electrons. The van der Waals surface area contributed by atoms with Gasteiger partial charge in [0.15, 0.2) is 0 Å². The van der Waals surface area contributed by atoms with E-state index < -0.39 is 17.8 Å². The summed E-state index contributed by atoms with van der Waals surface area (Å²) in [6.07, 6.45) is -1.01. The van der Waals surface area contributed by atoms with Crippen LogP contribution in [-0.2, 0) is 4.74 Å². The molecule has 4 nitrogen and oxygen atoms in total. The third-order valence-electron chi connectivity index (χ3n) is 1.74. The number of aliphatic hydroxyl groups is 1. The van der Waals surface area contributed by atoms with Crippen LogP contribution >= 0.6 is 0 Å². The van der Waals surface area contributed by atoms with Gasteiger partial charge in [-0.15, -0.1) is 0 Å². The van der Waals surface area contributed by atoms with E-state index in [9.17, 15) is 9.90 Å². The second-order valence-corrected chi connectivity index (χ2v) is 3.97. The van der Waals surface area contributed by atoms with E-state index in [1.165, 1.54) is 7.05 Å². The summed E-state index contributed by atoms with van der Waals surface area (Å²) in [4.78, 5) is 10.9. The van der Waals surface area contributed by atoms with Crippen molar-refractivity contribution in [3.8, 4) is 0 Å². The average Bonchev–Trinajstić information content (AvgIpc) is 1.96. The van der Waals surface area contributed by atoms with Crippen LogP contribution < -0.4 is 5.32 Å². The van der Waals surface area contributed by atoms with Gasteiger partial charge in [0.05, 0.1) is 5.60 Å². The fourth-order valence-electron chi connectivity index (χ4n) is 1.27. The van der Waals surface area contributed by atoms with Crippen LogP contribution in [0.1, 0.15) is 27.7 Å². The summed E-state index contributed by atoms with van der Waals surface area (Å²) < 4.78 is 5.03. The first-order valence-corrected chi connectivity index (χ1v) is 4.39. The Morgan fingerprint density at radius 3 is 2.15 bits per heavy atom. The molecule has 0 saturated carbocycles. The molecular weight excluding hydrogens is 170 g/mol. The zero-order valence-electron chi connectivity index (χ0n) is 8.92. The largest absolute Gasteiger partial charge is 0.443 e. The summed E-state index contributed by atoms with van der Waals surface area (Å²) in [5.74, 6) is 0.0808. The van der Waals surface area contributed by atoms with Gasteiger partial charge in [-0.25, -0.2) is 4.79 Å². The molecule has 13 heavy (non-hydrogen) atoms. The van der Waals surface area contributed by atoms with Crippen LogP contribution in [0.5, 0.6) is 0 Å². The summed E-state index contributed by atoms with van der Waals surface area (Å²) in [5.41, 5.74) is -1.01. The Hall–Kier alpha value is -0.770. The quantitative estimate of drug-likeness (QED) is 0.700. The van der Waals surface area contributed by atoms with Crippen molar-refractivity contribution in [3.63, 3.8) is 0 Å². The molecule has 0 rings (SSSR count). The van der Waals surface area contributed by atoms with E-state index in [-0.39, 0.29) is 5.92 Å². The van der Waals surface area contributed by atoms with Crippen molar-refractivity contribution < 1.29 is 14.6 Å². The minimum absolute atomic E-state index is 0.0808. The summed E-state index contributed by atoms with van der Waals surface area (Å²) in [6, 6.07) is 0. The van der Waals surface area contributed by atoms with Gasteiger partial charge in [-0.3, -0.25) is 0 Å². The van der Waals surface area contributed by atoms with Crippen molar-refractivity contribution in [1.82, 2.24) is 5.32 Å². The first-order chi connectivity index (χ1) is 5.79. The maximum absolute atomic E-state index is 10.9. The predicted octanol–water partition coefficient (Wildman–Crippen LogP) is 1.14. The molecule has 0 saturated heterocycles. The second kappa shape index (κ2) is 4.46. The lowest BCUT2D eigenvalue weighted by Gasteiger charge is -2.31. The molecule has 0 aromatic rings. The first-order valence-electron chi connectivity index (χ1n) is 4.39. The number of alkyl carbamates (subject to hydrolysis) is 1. The Balaban J connectivity index is 4.36. The highest BCUT2D eigenvalue weighted by atomic mass is 16.6. The zero-order valence-corrected chi connectivity index (χ0v) is 8.92. The highest BCUT2D eigenvalue weighted by molar-refractivity contribution is 5.67. The number of carbonyl (C=O) groups is 1. The molecule has 0 heterocycles. The van der Waals surface area contributed by atoms with Crippen LogP contribution in [-0.4, -0.2) is 30.0 Å². The van der Waals surface area contributed by atoms with E-state index in [0.29, 0.717) is 0 Å². The van der Waals surface area contributed by atoms with Crippen LogP contribution in [0.4, 0.5) is 4.79 Å². The van der Waals surface area contributed by atoms with E-state index in [1.807, 2.05) is 13.8 Å². The molecule has 0 bridgehead atoms. The van der Waals surface area contributed by atoms with Crippen LogP contribution in [0, 0.1) is 5.92 Å². The van der Waals surface area contributed by atoms with Crippen molar-refractivity contribution >= 4 is 6.09 Å². The van der Waals surface area contributed by atoms with Crippen molar-refractivity contribution in [1.29, 1.82) is 0 Å². The number of carbonyl (C=O) groups excluding carboxylic acids is 1. The zero-order chi connectivity index (χ0) is 10.6. The minimum Gasteiger partial charge on any atom is -0.443 e. The third-order valence-corrected chi connectivity index (χ3v) is 1.74. The fraction of sp³-hybridized carbons (Fsp3) is 0.889. The van der Waals surface area contributed by atoms with Crippen LogP contribution in [0.2, 0.25) is 0 Å². The normalized spacial score (nSPS) is 14.1. The molecule has 0 aliphatic carbocycles. The molecule has 1 atom stereocenters. The van der Waals surface area contributed by atoms with Crippen molar-refractivity contribution in [2.45, 2.75) is 39.4 Å². The van der Waals surface area contributed by atoms with E-state index in [4.69, 9.17) is 4.74 Å². The fourth-order valence-corrected chi connectivity index (χ4v) is 1.27. The van der Waals surface area contributed by atoms with Gasteiger partial charge in [0.25, 0.3) is 0 Å². The Labute approximate surface area is 79.3 Å². The lowest BCUT2D eigenvalue weighted by molar-refractivity contribution is -0.0753. The standard InChI is InChI=1S/C9H19NO3/c1-6(2)7(9(3,4)12)13-8(11)10-5/h6-7,12H,1-5H3,(H,10,11)/t7-/m0/s1. The van der Waals surface area contributed by atoms with E-state index in [1.54, 1.807) is 13.8 Å². The minimum atomic E-state index is -1.01. The third kappa shape index (κ3) is 4.12. The van der Waals surface area contributed by atoms with Gasteiger partial charge in [0.1, 0.15) is 6.10 Å². The van der Waals surface area contributed by atoms with Gasteiger partial charge in [0, 0.05) is 7.05 Å². The van der Waals surface area contributed by atoms with Crippen molar-refractivity contribution in [2.75, 3.05) is 7.05 Å². The van der Waals surface area contributed by atoms with Gasteiger partial charge < -0.3 is 15.2 Å². The van der Waals surface area contributed by atoms with Crippen LogP contribution in [0.3, 0.4) is 0 Å². The Bertz CT molecular complexity index is 172. The molecule has 1 amide bonds. The van der Waals surface area contributed by atoms with Gasteiger partial charge >= 0.3 is 6.09 Å². The van der Waals surface area contributed by atoms with Gasteiger partial charge in [-0.05, 0) is 19.8 Å². The number of nitrogens with one attached hydrogen (secondary N) is 1. The Morgan fingerprint density at radius 2 is 1.92 bits per heavy atom. The molecule has 78 valence electrons. The van der Waals surface area contributed by atoms with Gasteiger partial charge in [0.2, 0.25) is 0 Å². The van der Waals surface area contributed by atoms with E-state index in [2.05, 4.69) is 5.32 Å². The summed E-state index contributed by atoms with van der Waals surface area (Å²) >= 11 is 0. The van der Waals surface area contributed by atoms with E-state index >= 15 is 0 Å². The number of hydrogen-bond acceptors (Lipinski definition) is 3. The topological polar surface area (TPSA) is 58.6 Å². The SMILES string of the molecule is CNC(=O)O[C@@H](C(C)C)C(C)(C)O. The summed E-state index contributed by atoms with van der Waals surface area (Å²) in [5, 5.41) is 12.0. The van der Waals surface area contributed by atoms with Gasteiger partial charge in [-0.1, -0.05) is 13.8 Å². The summed E-state index contributed by atoms with van der Waals surface area (Å²) in [7, 11) is 1.49. The Kier molecular flexibility index (Phi) is 4.20. The van der Waals surface area contributed by atoms with E-state index in [0.717, 1.165) is 0 Å². The number of ether oxygens (including phenoxy) is 1. The van der Waals surface area contributed by atoms with Crippen LogP contribution in [0.25, 0.3) is 0 Å².